The molecule has 1 fully saturated rings. The molecule has 0 bridgehead atoms. The largest absolute Gasteiger partial charge is 0.424 e. The van der Waals surface area contributed by atoms with Crippen molar-refractivity contribution in [1.29, 1.82) is 0 Å². The van der Waals surface area contributed by atoms with Gasteiger partial charge in [-0.15, -0.1) is 10.2 Å². The molecule has 0 amide bonds. The van der Waals surface area contributed by atoms with Crippen molar-refractivity contribution in [2.24, 2.45) is 5.92 Å². The number of aromatic nitrogens is 2. The zero-order chi connectivity index (χ0) is 14.2. The topological polar surface area (TPSA) is 51.0 Å². The Labute approximate surface area is 122 Å². The lowest BCUT2D eigenvalue weighted by molar-refractivity contribution is 0.346. The second kappa shape index (κ2) is 8.40. The van der Waals surface area contributed by atoms with Crippen molar-refractivity contribution in [2.75, 3.05) is 6.54 Å². The minimum atomic E-state index is 0.213. The van der Waals surface area contributed by atoms with Gasteiger partial charge < -0.3 is 9.73 Å². The average Bonchev–Trinajstić information content (AvgIpc) is 2.76. The predicted molar refractivity (Wildman–Crippen MR) is 80.5 cm³/mol. The highest BCUT2D eigenvalue weighted by atomic mass is 16.4. The zero-order valence-electron chi connectivity index (χ0n) is 13.0. The van der Waals surface area contributed by atoms with Crippen molar-refractivity contribution in [1.82, 2.24) is 15.5 Å². The normalized spacial score (nSPS) is 18.9. The van der Waals surface area contributed by atoms with Gasteiger partial charge >= 0.3 is 0 Å². The number of nitrogens with one attached hydrogen (secondary N) is 1. The fourth-order valence-electron chi connectivity index (χ4n) is 3.03. The van der Waals surface area contributed by atoms with Crippen molar-refractivity contribution in [3.8, 4) is 0 Å². The molecule has 20 heavy (non-hydrogen) atoms. The summed E-state index contributed by atoms with van der Waals surface area (Å²) in [5.41, 5.74) is 0. The van der Waals surface area contributed by atoms with Crippen LogP contribution in [0.5, 0.6) is 0 Å². The van der Waals surface area contributed by atoms with E-state index in [1.165, 1.54) is 38.5 Å². The van der Waals surface area contributed by atoms with E-state index < -0.39 is 0 Å². The summed E-state index contributed by atoms with van der Waals surface area (Å²) in [6.45, 7) is 5.33. The summed E-state index contributed by atoms with van der Waals surface area (Å²) >= 11 is 0. The minimum Gasteiger partial charge on any atom is -0.424 e. The minimum absolute atomic E-state index is 0.213. The Morgan fingerprint density at radius 3 is 2.55 bits per heavy atom. The van der Waals surface area contributed by atoms with Gasteiger partial charge in [-0.1, -0.05) is 39.5 Å². The quantitative estimate of drug-likeness (QED) is 0.765. The summed E-state index contributed by atoms with van der Waals surface area (Å²) in [5.74, 6) is 2.35. The highest BCUT2D eigenvalue weighted by Gasteiger charge is 2.19. The maximum absolute atomic E-state index is 5.89. The first-order valence-electron chi connectivity index (χ1n) is 8.39. The Bertz CT molecular complexity index is 370. The molecule has 0 radical (unpaired) electrons. The Kier molecular flexibility index (Phi) is 6.51. The van der Waals surface area contributed by atoms with Gasteiger partial charge in [-0.05, 0) is 38.1 Å². The van der Waals surface area contributed by atoms with Crippen LogP contribution in [0.15, 0.2) is 4.42 Å². The van der Waals surface area contributed by atoms with E-state index in [0.717, 1.165) is 43.5 Å². The van der Waals surface area contributed by atoms with Gasteiger partial charge in [-0.3, -0.25) is 0 Å². The van der Waals surface area contributed by atoms with E-state index in [1.807, 2.05) is 0 Å². The summed E-state index contributed by atoms with van der Waals surface area (Å²) in [5, 5.41) is 12.0. The van der Waals surface area contributed by atoms with Crippen molar-refractivity contribution in [2.45, 2.75) is 77.7 Å². The fraction of sp³-hybridized carbons (Fsp3) is 0.875. The number of hydrogen-bond acceptors (Lipinski definition) is 4. The first kappa shape index (κ1) is 15.5. The SMILES string of the molecule is CCCNC(CC)c1nnc(CC2CCCCCC2)o1. The van der Waals surface area contributed by atoms with E-state index in [2.05, 4.69) is 29.4 Å². The van der Waals surface area contributed by atoms with E-state index in [9.17, 15) is 0 Å². The van der Waals surface area contributed by atoms with Crippen LogP contribution in [0, 0.1) is 5.92 Å². The van der Waals surface area contributed by atoms with Crippen LogP contribution in [0.4, 0.5) is 0 Å². The van der Waals surface area contributed by atoms with Gasteiger partial charge in [0.15, 0.2) is 0 Å². The summed E-state index contributed by atoms with van der Waals surface area (Å²) in [7, 11) is 0. The lowest BCUT2D eigenvalue weighted by Crippen LogP contribution is -2.21. The maximum atomic E-state index is 5.89. The third-order valence-electron chi connectivity index (χ3n) is 4.27. The predicted octanol–water partition coefficient (Wildman–Crippen LogP) is 4.03. The van der Waals surface area contributed by atoms with Gasteiger partial charge in [-0.25, -0.2) is 0 Å². The second-order valence-electron chi connectivity index (χ2n) is 6.01. The molecule has 1 aliphatic carbocycles. The molecule has 0 aliphatic heterocycles. The van der Waals surface area contributed by atoms with Crippen LogP contribution >= 0.6 is 0 Å². The molecule has 2 rings (SSSR count). The average molecular weight is 279 g/mol. The van der Waals surface area contributed by atoms with Gasteiger partial charge in [0.05, 0.1) is 6.04 Å². The number of nitrogens with zero attached hydrogens (tertiary/aromatic N) is 2. The van der Waals surface area contributed by atoms with Crippen molar-refractivity contribution in [3.63, 3.8) is 0 Å². The second-order valence-corrected chi connectivity index (χ2v) is 6.01. The standard InChI is InChI=1S/C16H29N3O/c1-3-11-17-14(4-2)16-19-18-15(20-16)12-13-9-7-5-6-8-10-13/h13-14,17H,3-12H2,1-2H3. The van der Waals surface area contributed by atoms with Crippen LogP contribution in [0.25, 0.3) is 0 Å². The first-order chi connectivity index (χ1) is 9.83. The number of rotatable bonds is 7. The molecule has 4 nitrogen and oxygen atoms in total. The Hall–Kier alpha value is -0.900. The van der Waals surface area contributed by atoms with Gasteiger partial charge in [-0.2, -0.15) is 0 Å². The van der Waals surface area contributed by atoms with Gasteiger partial charge in [0.2, 0.25) is 11.8 Å². The van der Waals surface area contributed by atoms with Gasteiger partial charge in [0.25, 0.3) is 0 Å². The Morgan fingerprint density at radius 2 is 1.90 bits per heavy atom. The summed E-state index contributed by atoms with van der Waals surface area (Å²) in [6.07, 6.45) is 11.2. The van der Waals surface area contributed by atoms with Crippen molar-refractivity contribution in [3.05, 3.63) is 11.8 Å². The summed E-state index contributed by atoms with van der Waals surface area (Å²) in [4.78, 5) is 0. The van der Waals surface area contributed by atoms with E-state index in [4.69, 9.17) is 4.42 Å². The van der Waals surface area contributed by atoms with Crippen LogP contribution in [-0.4, -0.2) is 16.7 Å². The smallest absolute Gasteiger partial charge is 0.233 e. The first-order valence-corrected chi connectivity index (χ1v) is 8.39. The molecule has 1 heterocycles. The van der Waals surface area contributed by atoms with E-state index >= 15 is 0 Å². The molecular formula is C16H29N3O. The Balaban J connectivity index is 1.89. The number of hydrogen-bond donors (Lipinski definition) is 1. The lowest BCUT2D eigenvalue weighted by atomic mass is 9.97. The van der Waals surface area contributed by atoms with E-state index in [0.29, 0.717) is 0 Å². The molecule has 1 aliphatic rings. The van der Waals surface area contributed by atoms with Crippen LogP contribution in [0.1, 0.15) is 83.0 Å². The molecule has 1 unspecified atom stereocenters. The Morgan fingerprint density at radius 1 is 1.15 bits per heavy atom. The third kappa shape index (κ3) is 4.58. The monoisotopic (exact) mass is 279 g/mol. The van der Waals surface area contributed by atoms with E-state index in [-0.39, 0.29) is 6.04 Å². The van der Waals surface area contributed by atoms with Crippen LogP contribution in [0.2, 0.25) is 0 Å². The highest BCUT2D eigenvalue weighted by molar-refractivity contribution is 4.91. The zero-order valence-corrected chi connectivity index (χ0v) is 13.0. The van der Waals surface area contributed by atoms with Crippen molar-refractivity contribution >= 4 is 0 Å². The molecule has 0 spiro atoms. The van der Waals surface area contributed by atoms with E-state index in [1.54, 1.807) is 0 Å². The third-order valence-corrected chi connectivity index (χ3v) is 4.27. The molecule has 1 atom stereocenters. The molecule has 114 valence electrons. The molecule has 1 N–H and O–H groups in total. The van der Waals surface area contributed by atoms with Crippen LogP contribution in [-0.2, 0) is 6.42 Å². The lowest BCUT2D eigenvalue weighted by Gasteiger charge is -2.12. The highest BCUT2D eigenvalue weighted by Crippen LogP contribution is 2.26. The van der Waals surface area contributed by atoms with Crippen LogP contribution in [0.3, 0.4) is 0 Å². The van der Waals surface area contributed by atoms with Gasteiger partial charge in [0.1, 0.15) is 0 Å². The molecule has 1 saturated carbocycles. The summed E-state index contributed by atoms with van der Waals surface area (Å²) < 4.78 is 5.89. The fourth-order valence-corrected chi connectivity index (χ4v) is 3.03. The summed E-state index contributed by atoms with van der Waals surface area (Å²) in [6, 6.07) is 0.213. The molecule has 1 aromatic heterocycles. The van der Waals surface area contributed by atoms with Crippen molar-refractivity contribution < 1.29 is 4.42 Å². The molecule has 0 saturated heterocycles. The maximum Gasteiger partial charge on any atom is 0.233 e. The molecular weight excluding hydrogens is 250 g/mol. The molecule has 4 heteroatoms. The molecule has 1 aromatic rings. The van der Waals surface area contributed by atoms with Crippen LogP contribution < -0.4 is 5.32 Å². The van der Waals surface area contributed by atoms with Gasteiger partial charge in [0, 0.05) is 6.42 Å². The molecule has 0 aromatic carbocycles.